The number of anilines is 2. The molecule has 1 heterocycles. The van der Waals surface area contributed by atoms with Crippen LogP contribution in [0.3, 0.4) is 0 Å². The van der Waals surface area contributed by atoms with Gasteiger partial charge in [0.05, 0.1) is 11.0 Å². The van der Waals surface area contributed by atoms with Crippen LogP contribution in [0.15, 0.2) is 103 Å². The number of halogens is 1. The molecule has 6 aromatic rings. The van der Waals surface area contributed by atoms with Crippen molar-refractivity contribution in [1.82, 2.24) is 4.57 Å². The zero-order chi connectivity index (χ0) is 26.4. The molecule has 0 spiro atoms. The number of aryl methyl sites for hydroxylation is 2. The van der Waals surface area contributed by atoms with Gasteiger partial charge in [-0.2, -0.15) is 0 Å². The van der Waals surface area contributed by atoms with Gasteiger partial charge in [0.1, 0.15) is 5.82 Å². The van der Waals surface area contributed by atoms with Gasteiger partial charge in [-0.05, 0) is 55.3 Å². The Balaban J connectivity index is 1.61. The van der Waals surface area contributed by atoms with E-state index in [1.807, 2.05) is 97.3 Å². The van der Waals surface area contributed by atoms with Gasteiger partial charge in [-0.3, -0.25) is 0 Å². The Morgan fingerprint density at radius 3 is 1.89 bits per heavy atom. The van der Waals surface area contributed by atoms with E-state index in [1.54, 1.807) is 6.07 Å². The van der Waals surface area contributed by atoms with Crippen molar-refractivity contribution in [3.63, 3.8) is 0 Å². The van der Waals surface area contributed by atoms with E-state index in [9.17, 15) is 10.0 Å². The maximum Gasteiger partial charge on any atom is 0.491 e. The predicted octanol–water partition coefficient (Wildman–Crippen LogP) is 6.63. The second-order valence-corrected chi connectivity index (χ2v) is 9.58. The quantitative estimate of drug-likeness (QED) is 0.233. The monoisotopic (exact) mass is 500 g/mol. The van der Waals surface area contributed by atoms with Crippen LogP contribution in [0.25, 0.3) is 38.6 Å². The van der Waals surface area contributed by atoms with Crippen LogP contribution < -0.4 is 10.8 Å². The summed E-state index contributed by atoms with van der Waals surface area (Å²) in [5.41, 5.74) is 7.10. The lowest BCUT2D eigenvalue weighted by molar-refractivity contribution is 0.423. The second-order valence-electron chi connectivity index (χ2n) is 9.58. The zero-order valence-corrected chi connectivity index (χ0v) is 21.1. The summed E-state index contributed by atoms with van der Waals surface area (Å²) in [5.74, 6) is -0.666. The third-order valence-corrected chi connectivity index (χ3v) is 7.16. The van der Waals surface area contributed by atoms with Crippen molar-refractivity contribution in [1.29, 1.82) is 0 Å². The van der Waals surface area contributed by atoms with Crippen molar-refractivity contribution >= 4 is 45.8 Å². The predicted molar refractivity (Wildman–Crippen MR) is 155 cm³/mol. The summed E-state index contributed by atoms with van der Waals surface area (Å²) in [6.45, 7) is 4.06. The van der Waals surface area contributed by atoms with Crippen molar-refractivity contribution in [2.45, 2.75) is 13.8 Å². The lowest BCUT2D eigenvalue weighted by atomic mass is 9.77. The SMILES string of the molecule is Cc1cccc(C)c1Nc1ccccc1-c1cc(-n2c3ccccc3c3ccccc32)cc(B(O)O)c1F. The highest BCUT2D eigenvalue weighted by molar-refractivity contribution is 6.59. The molecule has 6 heteroatoms. The molecule has 0 saturated carbocycles. The molecule has 0 bridgehead atoms. The van der Waals surface area contributed by atoms with E-state index in [1.165, 1.54) is 6.07 Å². The summed E-state index contributed by atoms with van der Waals surface area (Å²) in [4.78, 5) is 0. The van der Waals surface area contributed by atoms with Crippen molar-refractivity contribution in [3.05, 3.63) is 120 Å². The standard InChI is InChI=1S/C32H26BFN2O2/c1-20-10-9-11-21(2)32(20)35-28-15-6-3-12-23(28)26-18-22(19-27(31(26)34)33(37)38)36-29-16-7-4-13-24(29)25-14-5-8-17-30(25)36/h3-19,35,37-38H,1-2H3. The molecular weight excluding hydrogens is 474 g/mol. The smallest absolute Gasteiger partial charge is 0.423 e. The molecule has 4 nitrogen and oxygen atoms in total. The summed E-state index contributed by atoms with van der Waals surface area (Å²) in [7, 11) is -1.97. The average molecular weight is 500 g/mol. The first kappa shape index (κ1) is 24.0. The van der Waals surface area contributed by atoms with Crippen LogP contribution in [0.1, 0.15) is 11.1 Å². The first-order chi connectivity index (χ1) is 18.4. The van der Waals surface area contributed by atoms with E-state index in [2.05, 4.69) is 17.4 Å². The molecule has 5 aromatic carbocycles. The maximum atomic E-state index is 16.0. The second kappa shape index (κ2) is 9.49. The summed E-state index contributed by atoms with van der Waals surface area (Å²) in [6, 6.07) is 32.9. The van der Waals surface area contributed by atoms with Gasteiger partial charge in [-0.15, -0.1) is 0 Å². The normalized spacial score (nSPS) is 11.3. The maximum absolute atomic E-state index is 16.0. The molecular formula is C32H26BFN2O2. The number of nitrogens with zero attached hydrogens (tertiary/aromatic N) is 1. The van der Waals surface area contributed by atoms with E-state index in [0.717, 1.165) is 44.3 Å². The van der Waals surface area contributed by atoms with Crippen LogP contribution in [-0.2, 0) is 0 Å². The highest BCUT2D eigenvalue weighted by Crippen LogP contribution is 2.37. The van der Waals surface area contributed by atoms with Crippen LogP contribution >= 0.6 is 0 Å². The number of nitrogens with one attached hydrogen (secondary N) is 1. The fraction of sp³-hybridized carbons (Fsp3) is 0.0625. The van der Waals surface area contributed by atoms with Crippen molar-refractivity contribution in [2.24, 2.45) is 0 Å². The first-order valence-electron chi connectivity index (χ1n) is 12.5. The molecule has 0 atom stereocenters. The van der Waals surface area contributed by atoms with E-state index in [0.29, 0.717) is 11.3 Å². The van der Waals surface area contributed by atoms with Crippen molar-refractivity contribution in [3.8, 4) is 16.8 Å². The van der Waals surface area contributed by atoms with Gasteiger partial charge in [0, 0.05) is 44.4 Å². The van der Waals surface area contributed by atoms with Crippen LogP contribution in [-0.4, -0.2) is 21.7 Å². The summed E-state index contributed by atoms with van der Waals surface area (Å²) in [5, 5.41) is 26.0. The number of para-hydroxylation sites is 4. The highest BCUT2D eigenvalue weighted by atomic mass is 19.1. The Hall–Kier alpha value is -4.39. The number of fused-ring (bicyclic) bond motifs is 3. The van der Waals surface area contributed by atoms with E-state index in [4.69, 9.17) is 0 Å². The number of hydrogen-bond acceptors (Lipinski definition) is 3. The topological polar surface area (TPSA) is 57.4 Å². The molecule has 0 aliphatic rings. The number of aromatic nitrogens is 1. The zero-order valence-electron chi connectivity index (χ0n) is 21.1. The molecule has 0 fully saturated rings. The molecule has 0 unspecified atom stereocenters. The third-order valence-electron chi connectivity index (χ3n) is 7.16. The lowest BCUT2D eigenvalue weighted by Crippen LogP contribution is -2.33. The first-order valence-corrected chi connectivity index (χ1v) is 12.5. The molecule has 0 aliphatic carbocycles. The molecule has 38 heavy (non-hydrogen) atoms. The number of hydrogen-bond donors (Lipinski definition) is 3. The van der Waals surface area contributed by atoms with E-state index in [-0.39, 0.29) is 11.0 Å². The minimum Gasteiger partial charge on any atom is -0.423 e. The van der Waals surface area contributed by atoms with Crippen molar-refractivity contribution in [2.75, 3.05) is 5.32 Å². The van der Waals surface area contributed by atoms with Gasteiger partial charge >= 0.3 is 7.12 Å². The molecule has 1 aromatic heterocycles. The average Bonchev–Trinajstić information content (AvgIpc) is 3.26. The van der Waals surface area contributed by atoms with Gasteiger partial charge in [0.2, 0.25) is 0 Å². The molecule has 186 valence electrons. The van der Waals surface area contributed by atoms with Gasteiger partial charge in [-0.25, -0.2) is 4.39 Å². The van der Waals surface area contributed by atoms with Crippen LogP contribution in [0.4, 0.5) is 15.8 Å². The van der Waals surface area contributed by atoms with Crippen LogP contribution in [0.2, 0.25) is 0 Å². The fourth-order valence-electron chi connectivity index (χ4n) is 5.32. The van der Waals surface area contributed by atoms with Crippen LogP contribution in [0.5, 0.6) is 0 Å². The van der Waals surface area contributed by atoms with Gasteiger partial charge in [0.25, 0.3) is 0 Å². The highest BCUT2D eigenvalue weighted by Gasteiger charge is 2.24. The fourth-order valence-corrected chi connectivity index (χ4v) is 5.32. The molecule has 3 N–H and O–H groups in total. The largest absolute Gasteiger partial charge is 0.491 e. The molecule has 0 saturated heterocycles. The Labute approximate surface area is 220 Å². The van der Waals surface area contributed by atoms with Gasteiger partial charge < -0.3 is 19.9 Å². The lowest BCUT2D eigenvalue weighted by Gasteiger charge is -2.19. The van der Waals surface area contributed by atoms with E-state index < -0.39 is 12.9 Å². The third kappa shape index (κ3) is 3.95. The van der Waals surface area contributed by atoms with Gasteiger partial charge in [0.15, 0.2) is 0 Å². The summed E-state index contributed by atoms with van der Waals surface area (Å²) < 4.78 is 18.0. The van der Waals surface area contributed by atoms with E-state index >= 15 is 4.39 Å². The number of rotatable bonds is 5. The minimum absolute atomic E-state index is 0.179. The number of benzene rings is 5. The Kier molecular flexibility index (Phi) is 5.99. The molecule has 0 radical (unpaired) electrons. The Bertz CT molecular complexity index is 1750. The van der Waals surface area contributed by atoms with Crippen molar-refractivity contribution < 1.29 is 14.4 Å². The molecule has 0 aliphatic heterocycles. The Morgan fingerprint density at radius 2 is 1.26 bits per heavy atom. The Morgan fingerprint density at radius 1 is 0.684 bits per heavy atom. The molecule has 0 amide bonds. The molecule has 6 rings (SSSR count). The minimum atomic E-state index is -1.97. The summed E-state index contributed by atoms with van der Waals surface area (Å²) in [6.07, 6.45) is 0. The van der Waals surface area contributed by atoms with Gasteiger partial charge in [-0.1, -0.05) is 72.8 Å². The summed E-state index contributed by atoms with van der Waals surface area (Å²) >= 11 is 0. The van der Waals surface area contributed by atoms with Crippen LogP contribution in [0, 0.1) is 19.7 Å².